The smallest absolute Gasteiger partial charge is 0.250 e. The van der Waals surface area contributed by atoms with Gasteiger partial charge in [-0.25, -0.2) is 9.82 Å². The van der Waals surface area contributed by atoms with Crippen molar-refractivity contribution in [2.24, 2.45) is 5.10 Å². The second kappa shape index (κ2) is 10.6. The number of carbonyl (C=O) groups is 1. The van der Waals surface area contributed by atoms with E-state index in [2.05, 4.69) is 20.7 Å². The topological polar surface area (TPSA) is 72.2 Å². The molecule has 0 bridgehead atoms. The second-order valence-electron chi connectivity index (χ2n) is 7.51. The third-order valence-corrected chi connectivity index (χ3v) is 6.15. The number of benzene rings is 3. The molecule has 1 amide bonds. The van der Waals surface area contributed by atoms with Crippen LogP contribution in [-0.4, -0.2) is 32.1 Å². The van der Waals surface area contributed by atoms with Crippen molar-refractivity contribution in [3.05, 3.63) is 94.8 Å². The van der Waals surface area contributed by atoms with Gasteiger partial charge in [0.25, 0.3) is 5.91 Å². The number of hydrogen-bond acceptors (Lipinski definition) is 5. The first-order chi connectivity index (χ1) is 16.4. The van der Waals surface area contributed by atoms with Crippen LogP contribution < -0.4 is 5.43 Å². The van der Waals surface area contributed by atoms with Crippen molar-refractivity contribution in [1.82, 2.24) is 20.2 Å². The summed E-state index contributed by atoms with van der Waals surface area (Å²) in [7, 11) is 0. The molecule has 3 aromatic carbocycles. The molecule has 9 heteroatoms. The number of halogens is 2. The fraction of sp³-hybridized carbons (Fsp3) is 0.120. The molecule has 34 heavy (non-hydrogen) atoms. The third-order valence-electron chi connectivity index (χ3n) is 4.97. The Balaban J connectivity index is 1.52. The number of nitrogens with zero attached hydrogens (tertiary/aromatic N) is 4. The number of carbonyl (C=O) groups excluding carboxylic acids is 1. The molecule has 0 aliphatic rings. The highest BCUT2D eigenvalue weighted by Crippen LogP contribution is 2.28. The van der Waals surface area contributed by atoms with Crippen LogP contribution in [0, 0.1) is 12.7 Å². The minimum absolute atomic E-state index is 0.0832. The Kier molecular flexibility index (Phi) is 7.40. The SMILES string of the molecule is C/C(=N/NC(=O)CSc1nnc(-c2ccc(C)cc2)n1-c1ccc(Cl)cc1)c1ccc(F)cc1. The first kappa shape index (κ1) is 23.7. The number of rotatable bonds is 7. The standard InChI is InChI=1S/C25H21ClFN5OS/c1-16-3-5-19(6-4-16)24-30-31-25(32(24)22-13-9-20(26)10-14-22)34-15-23(33)29-28-17(2)18-7-11-21(27)12-8-18/h3-14H,15H2,1-2H3,(H,29,33)/b28-17-. The molecule has 0 aliphatic carbocycles. The Morgan fingerprint density at radius 3 is 2.38 bits per heavy atom. The van der Waals surface area contributed by atoms with E-state index >= 15 is 0 Å². The zero-order valence-electron chi connectivity index (χ0n) is 18.5. The van der Waals surface area contributed by atoms with E-state index in [1.165, 1.54) is 23.9 Å². The third kappa shape index (κ3) is 5.70. The van der Waals surface area contributed by atoms with Gasteiger partial charge >= 0.3 is 0 Å². The number of hydrogen-bond donors (Lipinski definition) is 1. The lowest BCUT2D eigenvalue weighted by molar-refractivity contribution is -0.118. The van der Waals surface area contributed by atoms with Crippen LogP contribution in [0.4, 0.5) is 4.39 Å². The van der Waals surface area contributed by atoms with Gasteiger partial charge in [-0.3, -0.25) is 9.36 Å². The van der Waals surface area contributed by atoms with E-state index < -0.39 is 0 Å². The maximum absolute atomic E-state index is 13.1. The summed E-state index contributed by atoms with van der Waals surface area (Å²) in [6.07, 6.45) is 0. The molecule has 0 saturated carbocycles. The van der Waals surface area contributed by atoms with Crippen molar-refractivity contribution in [1.29, 1.82) is 0 Å². The summed E-state index contributed by atoms with van der Waals surface area (Å²) in [5.41, 5.74) is 6.71. The molecule has 6 nitrogen and oxygen atoms in total. The molecule has 0 fully saturated rings. The van der Waals surface area contributed by atoms with E-state index in [0.717, 1.165) is 22.4 Å². The lowest BCUT2D eigenvalue weighted by atomic mass is 10.1. The maximum atomic E-state index is 13.1. The van der Waals surface area contributed by atoms with Crippen molar-refractivity contribution < 1.29 is 9.18 Å². The number of thioether (sulfide) groups is 1. The van der Waals surface area contributed by atoms with Crippen molar-refractivity contribution in [2.45, 2.75) is 19.0 Å². The zero-order chi connectivity index (χ0) is 24.1. The Hall–Kier alpha value is -3.49. The summed E-state index contributed by atoms with van der Waals surface area (Å²) in [5.74, 6) is 0.121. The van der Waals surface area contributed by atoms with Gasteiger partial charge in [0.05, 0.1) is 11.5 Å². The van der Waals surface area contributed by atoms with Gasteiger partial charge in [0, 0.05) is 16.3 Å². The van der Waals surface area contributed by atoms with Crippen LogP contribution in [-0.2, 0) is 4.79 Å². The van der Waals surface area contributed by atoms with Gasteiger partial charge in [-0.05, 0) is 55.8 Å². The van der Waals surface area contributed by atoms with Gasteiger partial charge < -0.3 is 0 Å². The average Bonchev–Trinajstić information content (AvgIpc) is 3.26. The highest BCUT2D eigenvalue weighted by molar-refractivity contribution is 7.99. The molecule has 172 valence electrons. The van der Waals surface area contributed by atoms with Crippen molar-refractivity contribution in [3.63, 3.8) is 0 Å². The molecular formula is C25H21ClFN5OS. The van der Waals surface area contributed by atoms with Gasteiger partial charge in [0.15, 0.2) is 11.0 Å². The summed E-state index contributed by atoms with van der Waals surface area (Å²) in [4.78, 5) is 12.4. The van der Waals surface area contributed by atoms with Crippen LogP contribution >= 0.6 is 23.4 Å². The van der Waals surface area contributed by atoms with Gasteiger partial charge in [0.2, 0.25) is 0 Å². The number of aryl methyl sites for hydroxylation is 1. The largest absolute Gasteiger partial charge is 0.272 e. The fourth-order valence-corrected chi connectivity index (χ4v) is 4.01. The molecule has 1 aromatic heterocycles. The van der Waals surface area contributed by atoms with Crippen LogP contribution in [0.1, 0.15) is 18.1 Å². The molecule has 0 atom stereocenters. The molecule has 0 spiro atoms. The molecule has 0 aliphatic heterocycles. The van der Waals surface area contributed by atoms with E-state index in [-0.39, 0.29) is 17.5 Å². The predicted octanol–water partition coefficient (Wildman–Crippen LogP) is 5.67. The molecule has 0 saturated heterocycles. The quantitative estimate of drug-likeness (QED) is 0.204. The summed E-state index contributed by atoms with van der Waals surface area (Å²) >= 11 is 7.32. The Bertz CT molecular complexity index is 1320. The van der Waals surface area contributed by atoms with Crippen LogP contribution in [0.15, 0.2) is 83.1 Å². The highest BCUT2D eigenvalue weighted by Gasteiger charge is 2.17. The van der Waals surface area contributed by atoms with Gasteiger partial charge in [-0.2, -0.15) is 5.10 Å². The zero-order valence-corrected chi connectivity index (χ0v) is 20.1. The lowest BCUT2D eigenvalue weighted by Crippen LogP contribution is -2.21. The van der Waals surface area contributed by atoms with Crippen molar-refractivity contribution in [3.8, 4) is 17.1 Å². The van der Waals surface area contributed by atoms with E-state index in [0.29, 0.717) is 21.7 Å². The van der Waals surface area contributed by atoms with E-state index in [1.54, 1.807) is 31.2 Å². The van der Waals surface area contributed by atoms with Crippen molar-refractivity contribution in [2.75, 3.05) is 5.75 Å². The van der Waals surface area contributed by atoms with E-state index in [9.17, 15) is 9.18 Å². The van der Waals surface area contributed by atoms with Gasteiger partial charge in [-0.15, -0.1) is 10.2 Å². The normalized spacial score (nSPS) is 11.5. The number of hydrazone groups is 1. The van der Waals surface area contributed by atoms with Crippen LogP contribution in [0.5, 0.6) is 0 Å². The Morgan fingerprint density at radius 1 is 1.03 bits per heavy atom. The molecule has 0 radical (unpaired) electrons. The summed E-state index contributed by atoms with van der Waals surface area (Å²) in [6, 6.07) is 21.3. The lowest BCUT2D eigenvalue weighted by Gasteiger charge is -2.10. The molecule has 1 N–H and O–H groups in total. The Morgan fingerprint density at radius 2 is 1.71 bits per heavy atom. The average molecular weight is 494 g/mol. The summed E-state index contributed by atoms with van der Waals surface area (Å²) in [6.45, 7) is 3.76. The number of aromatic nitrogens is 3. The maximum Gasteiger partial charge on any atom is 0.250 e. The summed E-state index contributed by atoms with van der Waals surface area (Å²) in [5, 5.41) is 14.0. The second-order valence-corrected chi connectivity index (χ2v) is 8.89. The van der Waals surface area contributed by atoms with Crippen LogP contribution in [0.2, 0.25) is 5.02 Å². The number of amides is 1. The van der Waals surface area contributed by atoms with Crippen LogP contribution in [0.3, 0.4) is 0 Å². The number of nitrogens with one attached hydrogen (secondary N) is 1. The monoisotopic (exact) mass is 493 g/mol. The van der Waals surface area contributed by atoms with Gasteiger partial charge in [0.1, 0.15) is 5.82 Å². The minimum atomic E-state index is -0.327. The predicted molar refractivity (Wildman–Crippen MR) is 134 cm³/mol. The van der Waals surface area contributed by atoms with E-state index in [1.807, 2.05) is 47.9 Å². The molecular weight excluding hydrogens is 473 g/mol. The Labute approximate surface area is 205 Å². The molecule has 4 rings (SSSR count). The van der Waals surface area contributed by atoms with E-state index in [4.69, 9.17) is 11.6 Å². The fourth-order valence-electron chi connectivity index (χ4n) is 3.14. The minimum Gasteiger partial charge on any atom is -0.272 e. The summed E-state index contributed by atoms with van der Waals surface area (Å²) < 4.78 is 15.0. The molecule has 4 aromatic rings. The first-order valence-electron chi connectivity index (χ1n) is 10.4. The van der Waals surface area contributed by atoms with Crippen LogP contribution in [0.25, 0.3) is 17.1 Å². The highest BCUT2D eigenvalue weighted by atomic mass is 35.5. The first-order valence-corrected chi connectivity index (χ1v) is 11.8. The van der Waals surface area contributed by atoms with Gasteiger partial charge in [-0.1, -0.05) is 65.3 Å². The molecule has 1 heterocycles. The van der Waals surface area contributed by atoms with Crippen molar-refractivity contribution >= 4 is 35.0 Å². The molecule has 0 unspecified atom stereocenters.